The van der Waals surface area contributed by atoms with Crippen molar-refractivity contribution in [3.8, 4) is 0 Å². The van der Waals surface area contributed by atoms with E-state index < -0.39 is 4.33 Å². The fraction of sp³-hybridized carbons (Fsp3) is 0.462. The molecule has 0 aromatic heterocycles. The molecular weight excluding hydrogens is 227 g/mol. The summed E-state index contributed by atoms with van der Waals surface area (Å²) in [4.78, 5) is 0. The summed E-state index contributed by atoms with van der Waals surface area (Å²) in [6, 6.07) is 8.54. The Bertz CT molecular complexity index is 357. The number of rotatable bonds is 1. The molecule has 0 nitrogen and oxygen atoms in total. The molecule has 1 aliphatic carbocycles. The summed E-state index contributed by atoms with van der Waals surface area (Å²) in [6.07, 6.45) is 0.797. The molecule has 0 atom stereocenters. The highest BCUT2D eigenvalue weighted by Gasteiger charge is 2.53. The predicted molar refractivity (Wildman–Crippen MR) is 66.5 cm³/mol. The summed E-state index contributed by atoms with van der Waals surface area (Å²) in [7, 11) is 0. The maximum atomic E-state index is 6.00. The summed E-state index contributed by atoms with van der Waals surface area (Å²) >= 11 is 12.0. The molecule has 81 valence electrons. The highest BCUT2D eigenvalue weighted by Crippen LogP contribution is 2.58. The quantitative estimate of drug-likeness (QED) is 0.637. The summed E-state index contributed by atoms with van der Waals surface area (Å²) in [5, 5.41) is 0. The standard InChI is InChI=1S/C13H15Cl2/c1-12(2,3)10-6-4-9(5-7-10)11-8-13(11,14)15/h4-7H,8H2,1-3H3. The Hall–Kier alpha value is -0.200. The molecule has 2 rings (SSSR count). The second-order valence-corrected chi connectivity index (χ2v) is 6.67. The smallest absolute Gasteiger partial charge is 0.101 e. The SMILES string of the molecule is CC(C)(C)c1ccc([C]2CC2(Cl)Cl)cc1. The van der Waals surface area contributed by atoms with Crippen molar-refractivity contribution >= 4 is 23.2 Å². The zero-order valence-electron chi connectivity index (χ0n) is 9.27. The van der Waals surface area contributed by atoms with Crippen molar-refractivity contribution in [2.24, 2.45) is 0 Å². The molecule has 0 amide bonds. The number of hydrogen-bond acceptors (Lipinski definition) is 0. The van der Waals surface area contributed by atoms with Crippen molar-refractivity contribution in [2.75, 3.05) is 0 Å². The van der Waals surface area contributed by atoms with Crippen LogP contribution in [-0.4, -0.2) is 4.33 Å². The van der Waals surface area contributed by atoms with Crippen molar-refractivity contribution in [1.82, 2.24) is 0 Å². The molecule has 0 spiro atoms. The van der Waals surface area contributed by atoms with E-state index in [0.29, 0.717) is 0 Å². The molecule has 0 N–H and O–H groups in total. The summed E-state index contributed by atoms with van der Waals surface area (Å²) < 4.78 is -0.594. The Morgan fingerprint density at radius 1 is 1.07 bits per heavy atom. The molecule has 0 bridgehead atoms. The van der Waals surface area contributed by atoms with E-state index in [1.165, 1.54) is 11.1 Å². The third-order valence-electron chi connectivity index (χ3n) is 2.81. The van der Waals surface area contributed by atoms with Gasteiger partial charge in [0.15, 0.2) is 0 Å². The highest BCUT2D eigenvalue weighted by molar-refractivity contribution is 6.53. The maximum Gasteiger partial charge on any atom is 0.130 e. The first kappa shape index (κ1) is 11.3. The normalized spacial score (nSPS) is 20.3. The van der Waals surface area contributed by atoms with Gasteiger partial charge >= 0.3 is 0 Å². The average Bonchev–Trinajstić information content (AvgIpc) is 2.74. The Morgan fingerprint density at radius 2 is 1.53 bits per heavy atom. The van der Waals surface area contributed by atoms with Gasteiger partial charge in [-0.2, -0.15) is 0 Å². The lowest BCUT2D eigenvalue weighted by Gasteiger charge is -2.19. The van der Waals surface area contributed by atoms with E-state index in [9.17, 15) is 0 Å². The first-order valence-electron chi connectivity index (χ1n) is 5.16. The van der Waals surface area contributed by atoms with E-state index >= 15 is 0 Å². The zero-order valence-corrected chi connectivity index (χ0v) is 10.8. The molecule has 0 saturated heterocycles. The number of benzene rings is 1. The molecule has 0 unspecified atom stereocenters. The van der Waals surface area contributed by atoms with Crippen LogP contribution in [0.1, 0.15) is 38.3 Å². The van der Waals surface area contributed by atoms with Crippen LogP contribution >= 0.6 is 23.2 Å². The lowest BCUT2D eigenvalue weighted by Crippen LogP contribution is -2.10. The van der Waals surface area contributed by atoms with Gasteiger partial charge in [0.05, 0.1) is 0 Å². The molecule has 2 heteroatoms. The van der Waals surface area contributed by atoms with E-state index in [1.54, 1.807) is 0 Å². The highest BCUT2D eigenvalue weighted by atomic mass is 35.5. The molecule has 1 saturated carbocycles. The number of hydrogen-bond donors (Lipinski definition) is 0. The number of alkyl halides is 2. The topological polar surface area (TPSA) is 0 Å². The molecule has 1 radical (unpaired) electrons. The van der Waals surface area contributed by atoms with Crippen LogP contribution in [0.4, 0.5) is 0 Å². The molecular formula is C13H15Cl2. The van der Waals surface area contributed by atoms with E-state index in [-0.39, 0.29) is 5.41 Å². The minimum absolute atomic E-state index is 0.200. The third-order valence-corrected chi connectivity index (χ3v) is 3.54. The predicted octanol–water partition coefficient (Wildman–Crippen LogP) is 4.48. The molecule has 1 aromatic rings. The van der Waals surface area contributed by atoms with Gasteiger partial charge in [-0.15, -0.1) is 23.2 Å². The number of halogens is 2. The van der Waals surface area contributed by atoms with Gasteiger partial charge in [0.2, 0.25) is 0 Å². The van der Waals surface area contributed by atoms with Gasteiger partial charge in [0, 0.05) is 5.92 Å². The van der Waals surface area contributed by atoms with Gasteiger partial charge in [-0.25, -0.2) is 0 Å². The monoisotopic (exact) mass is 241 g/mol. The Balaban J connectivity index is 2.19. The van der Waals surface area contributed by atoms with Crippen molar-refractivity contribution in [2.45, 2.75) is 36.9 Å². The molecule has 1 fully saturated rings. The van der Waals surface area contributed by atoms with Crippen LogP contribution < -0.4 is 0 Å². The molecule has 15 heavy (non-hydrogen) atoms. The van der Waals surface area contributed by atoms with E-state index in [1.807, 2.05) is 0 Å². The molecule has 0 aliphatic heterocycles. The van der Waals surface area contributed by atoms with Crippen molar-refractivity contribution in [1.29, 1.82) is 0 Å². The van der Waals surface area contributed by atoms with E-state index in [4.69, 9.17) is 23.2 Å². The minimum Gasteiger partial charge on any atom is -0.101 e. The van der Waals surface area contributed by atoms with Crippen LogP contribution in [0.25, 0.3) is 0 Å². The van der Waals surface area contributed by atoms with Crippen molar-refractivity contribution in [3.63, 3.8) is 0 Å². The van der Waals surface area contributed by atoms with Gasteiger partial charge in [0.25, 0.3) is 0 Å². The van der Waals surface area contributed by atoms with Gasteiger partial charge in [-0.05, 0) is 23.0 Å². The molecule has 0 heterocycles. The summed E-state index contributed by atoms with van der Waals surface area (Å²) in [6.45, 7) is 6.62. The van der Waals surface area contributed by atoms with Crippen LogP contribution in [0.2, 0.25) is 0 Å². The Labute approximate surface area is 102 Å². The second-order valence-electron chi connectivity index (χ2n) is 5.19. The van der Waals surface area contributed by atoms with Gasteiger partial charge < -0.3 is 0 Å². The summed E-state index contributed by atoms with van der Waals surface area (Å²) in [5.74, 6) is 1.14. The zero-order chi connectivity index (χ0) is 11.3. The first-order valence-corrected chi connectivity index (χ1v) is 5.91. The fourth-order valence-corrected chi connectivity index (χ4v) is 2.15. The molecule has 1 aromatic carbocycles. The minimum atomic E-state index is -0.594. The van der Waals surface area contributed by atoms with Crippen LogP contribution in [0.3, 0.4) is 0 Å². The lowest BCUT2D eigenvalue weighted by molar-refractivity contribution is 0.590. The van der Waals surface area contributed by atoms with Crippen LogP contribution in [0.15, 0.2) is 24.3 Å². The van der Waals surface area contributed by atoms with Gasteiger partial charge in [-0.3, -0.25) is 0 Å². The van der Waals surface area contributed by atoms with Crippen LogP contribution in [-0.2, 0) is 5.41 Å². The van der Waals surface area contributed by atoms with Gasteiger partial charge in [0.1, 0.15) is 4.33 Å². The lowest BCUT2D eigenvalue weighted by atomic mass is 9.86. The maximum absolute atomic E-state index is 6.00. The van der Waals surface area contributed by atoms with Crippen LogP contribution in [0.5, 0.6) is 0 Å². The van der Waals surface area contributed by atoms with Crippen molar-refractivity contribution < 1.29 is 0 Å². The largest absolute Gasteiger partial charge is 0.130 e. The molecule has 1 aliphatic rings. The Kier molecular flexibility index (Phi) is 2.56. The summed E-state index contributed by atoms with van der Waals surface area (Å²) in [5.41, 5.74) is 2.71. The Morgan fingerprint density at radius 3 is 1.87 bits per heavy atom. The van der Waals surface area contributed by atoms with Gasteiger partial charge in [-0.1, -0.05) is 45.0 Å². The van der Waals surface area contributed by atoms with E-state index in [0.717, 1.165) is 12.3 Å². The van der Waals surface area contributed by atoms with Crippen molar-refractivity contribution in [3.05, 3.63) is 41.3 Å². The van der Waals surface area contributed by atoms with E-state index in [2.05, 4.69) is 45.0 Å². The van der Waals surface area contributed by atoms with Crippen LogP contribution in [0, 0.1) is 5.92 Å². The second kappa shape index (κ2) is 3.40. The fourth-order valence-electron chi connectivity index (χ4n) is 1.66. The first-order chi connectivity index (χ1) is 6.81. The average molecular weight is 242 g/mol. The third kappa shape index (κ3) is 2.32.